The van der Waals surface area contributed by atoms with Crippen LogP contribution in [-0.4, -0.2) is 31.5 Å². The Labute approximate surface area is 152 Å². The van der Waals surface area contributed by atoms with Gasteiger partial charge in [-0.2, -0.15) is 0 Å². The molecule has 0 aliphatic heterocycles. The van der Waals surface area contributed by atoms with Crippen LogP contribution in [0.25, 0.3) is 0 Å². The maximum absolute atomic E-state index is 11.7. The van der Waals surface area contributed by atoms with Gasteiger partial charge in [0.05, 0.1) is 18.0 Å². The normalized spacial score (nSPS) is 11.0. The molecule has 0 spiro atoms. The lowest BCUT2D eigenvalue weighted by molar-refractivity contribution is -0.120. The quantitative estimate of drug-likeness (QED) is 0.746. The van der Waals surface area contributed by atoms with E-state index >= 15 is 0 Å². The summed E-state index contributed by atoms with van der Waals surface area (Å²) >= 11 is 1.34. The van der Waals surface area contributed by atoms with Gasteiger partial charge >= 0.3 is 0 Å². The number of nitrogens with one attached hydrogen (secondary N) is 2. The van der Waals surface area contributed by atoms with E-state index in [1.165, 1.54) is 16.9 Å². The Kier molecular flexibility index (Phi) is 6.58. The molecule has 134 valence electrons. The Hall–Kier alpha value is -2.34. The van der Waals surface area contributed by atoms with E-state index in [0.29, 0.717) is 18.0 Å². The SMILES string of the molecule is CC(C)(C)c1ccc(OCCNC(=O)CNC(=O)c2cccs2)cc1. The molecule has 2 rings (SSSR count). The molecule has 2 amide bonds. The Balaban J connectivity index is 1.64. The van der Waals surface area contributed by atoms with Crippen LogP contribution in [0, 0.1) is 0 Å². The van der Waals surface area contributed by atoms with E-state index in [1.807, 2.05) is 29.6 Å². The average Bonchev–Trinajstić information content (AvgIpc) is 3.11. The number of thiophene rings is 1. The molecule has 0 saturated carbocycles. The largest absolute Gasteiger partial charge is 0.492 e. The van der Waals surface area contributed by atoms with Gasteiger partial charge in [0.1, 0.15) is 12.4 Å². The van der Waals surface area contributed by atoms with Gasteiger partial charge in [0.15, 0.2) is 0 Å². The van der Waals surface area contributed by atoms with E-state index in [1.54, 1.807) is 12.1 Å². The molecule has 2 N–H and O–H groups in total. The average molecular weight is 360 g/mol. The molecule has 1 aromatic carbocycles. The monoisotopic (exact) mass is 360 g/mol. The molecule has 6 heteroatoms. The molecule has 5 nitrogen and oxygen atoms in total. The molecule has 0 bridgehead atoms. The minimum atomic E-state index is -0.239. The smallest absolute Gasteiger partial charge is 0.261 e. The van der Waals surface area contributed by atoms with Crippen molar-refractivity contribution in [2.45, 2.75) is 26.2 Å². The highest BCUT2D eigenvalue weighted by Crippen LogP contribution is 2.24. The maximum Gasteiger partial charge on any atom is 0.261 e. The van der Waals surface area contributed by atoms with Gasteiger partial charge in [0.2, 0.25) is 5.91 Å². The third-order valence-corrected chi connectivity index (χ3v) is 4.44. The van der Waals surface area contributed by atoms with Gasteiger partial charge in [-0.25, -0.2) is 0 Å². The van der Waals surface area contributed by atoms with Crippen LogP contribution in [0.15, 0.2) is 41.8 Å². The van der Waals surface area contributed by atoms with Crippen molar-refractivity contribution < 1.29 is 14.3 Å². The highest BCUT2D eigenvalue weighted by atomic mass is 32.1. The molecule has 0 radical (unpaired) electrons. The van der Waals surface area contributed by atoms with Crippen molar-refractivity contribution in [1.82, 2.24) is 10.6 Å². The molecule has 1 aromatic heterocycles. The van der Waals surface area contributed by atoms with E-state index in [0.717, 1.165) is 5.75 Å². The molecule has 0 aliphatic carbocycles. The number of ether oxygens (including phenoxy) is 1. The Morgan fingerprint density at radius 3 is 2.40 bits per heavy atom. The van der Waals surface area contributed by atoms with Gasteiger partial charge in [0.25, 0.3) is 5.91 Å². The number of carbonyl (C=O) groups is 2. The van der Waals surface area contributed by atoms with Crippen molar-refractivity contribution in [2.24, 2.45) is 0 Å². The molecule has 0 fully saturated rings. The van der Waals surface area contributed by atoms with E-state index in [-0.39, 0.29) is 23.8 Å². The lowest BCUT2D eigenvalue weighted by Gasteiger charge is -2.19. The second-order valence-corrected chi connectivity index (χ2v) is 7.58. The summed E-state index contributed by atoms with van der Waals surface area (Å²) in [6, 6.07) is 11.5. The molecular formula is C19H24N2O3S. The van der Waals surface area contributed by atoms with Gasteiger partial charge in [0, 0.05) is 0 Å². The molecule has 0 saturated heterocycles. The summed E-state index contributed by atoms with van der Waals surface area (Å²) in [6.45, 7) is 7.20. The highest BCUT2D eigenvalue weighted by Gasteiger charge is 2.13. The topological polar surface area (TPSA) is 67.4 Å². The van der Waals surface area contributed by atoms with Crippen LogP contribution in [0.1, 0.15) is 36.0 Å². The van der Waals surface area contributed by atoms with E-state index in [2.05, 4.69) is 31.4 Å². The number of benzene rings is 1. The van der Waals surface area contributed by atoms with Crippen LogP contribution in [0.4, 0.5) is 0 Å². The van der Waals surface area contributed by atoms with Gasteiger partial charge in [-0.1, -0.05) is 39.0 Å². The highest BCUT2D eigenvalue weighted by molar-refractivity contribution is 7.12. The van der Waals surface area contributed by atoms with Crippen molar-refractivity contribution in [1.29, 1.82) is 0 Å². The van der Waals surface area contributed by atoms with Crippen LogP contribution in [0.3, 0.4) is 0 Å². The summed E-state index contributed by atoms with van der Waals surface area (Å²) in [4.78, 5) is 24.0. The predicted molar refractivity (Wildman–Crippen MR) is 100 cm³/mol. The summed E-state index contributed by atoms with van der Waals surface area (Å²) < 4.78 is 5.61. The van der Waals surface area contributed by atoms with Crippen molar-refractivity contribution in [2.75, 3.05) is 19.7 Å². The number of hydrogen-bond donors (Lipinski definition) is 2. The van der Waals surface area contributed by atoms with Crippen molar-refractivity contribution in [3.63, 3.8) is 0 Å². The van der Waals surface area contributed by atoms with Crippen LogP contribution in [-0.2, 0) is 10.2 Å². The fourth-order valence-electron chi connectivity index (χ4n) is 2.13. The van der Waals surface area contributed by atoms with Gasteiger partial charge < -0.3 is 15.4 Å². The third-order valence-electron chi connectivity index (χ3n) is 3.57. The number of rotatable bonds is 7. The zero-order valence-electron chi connectivity index (χ0n) is 14.8. The van der Waals surface area contributed by atoms with Gasteiger partial charge in [-0.15, -0.1) is 11.3 Å². The summed E-state index contributed by atoms with van der Waals surface area (Å²) in [6.07, 6.45) is 0. The van der Waals surface area contributed by atoms with Crippen molar-refractivity contribution in [3.8, 4) is 5.75 Å². The van der Waals surface area contributed by atoms with Gasteiger partial charge in [-0.05, 0) is 34.6 Å². The van der Waals surface area contributed by atoms with E-state index in [4.69, 9.17) is 4.74 Å². The summed E-state index contributed by atoms with van der Waals surface area (Å²) in [5.74, 6) is 0.296. The van der Waals surface area contributed by atoms with Crippen molar-refractivity contribution in [3.05, 3.63) is 52.2 Å². The number of hydrogen-bond acceptors (Lipinski definition) is 4. The summed E-state index contributed by atoms with van der Waals surface area (Å²) in [5.41, 5.74) is 1.36. The Morgan fingerprint density at radius 2 is 1.80 bits per heavy atom. The first-order valence-electron chi connectivity index (χ1n) is 8.18. The van der Waals surface area contributed by atoms with Crippen LogP contribution < -0.4 is 15.4 Å². The minimum absolute atomic E-state index is 0.0446. The fraction of sp³-hybridized carbons (Fsp3) is 0.368. The second-order valence-electron chi connectivity index (χ2n) is 6.63. The minimum Gasteiger partial charge on any atom is -0.492 e. The van der Waals surface area contributed by atoms with Crippen LogP contribution >= 0.6 is 11.3 Å². The van der Waals surface area contributed by atoms with Crippen LogP contribution in [0.2, 0.25) is 0 Å². The maximum atomic E-state index is 11.7. The second kappa shape index (κ2) is 8.67. The standard InChI is InChI=1S/C19H24N2O3S/c1-19(2,3)14-6-8-15(9-7-14)24-11-10-20-17(22)13-21-18(23)16-5-4-12-25-16/h4-9,12H,10-11,13H2,1-3H3,(H,20,22)(H,21,23). The first kappa shape index (κ1) is 19.0. The third kappa shape index (κ3) is 6.23. The van der Waals surface area contributed by atoms with E-state index < -0.39 is 0 Å². The Bertz CT molecular complexity index is 688. The summed E-state index contributed by atoms with van der Waals surface area (Å²) in [7, 11) is 0. The molecule has 25 heavy (non-hydrogen) atoms. The fourth-order valence-corrected chi connectivity index (χ4v) is 2.77. The summed E-state index contributed by atoms with van der Waals surface area (Å²) in [5, 5.41) is 7.12. The first-order valence-corrected chi connectivity index (χ1v) is 9.06. The zero-order chi connectivity index (χ0) is 18.3. The number of amides is 2. The molecular weight excluding hydrogens is 336 g/mol. The molecule has 0 aliphatic rings. The molecule has 2 aromatic rings. The first-order chi connectivity index (χ1) is 11.9. The predicted octanol–water partition coefficient (Wildman–Crippen LogP) is 2.97. The lowest BCUT2D eigenvalue weighted by atomic mass is 9.87. The zero-order valence-corrected chi connectivity index (χ0v) is 15.6. The van der Waals surface area contributed by atoms with E-state index in [9.17, 15) is 9.59 Å². The molecule has 0 atom stereocenters. The molecule has 0 unspecified atom stereocenters. The number of carbonyl (C=O) groups excluding carboxylic acids is 2. The molecule has 1 heterocycles. The lowest BCUT2D eigenvalue weighted by Crippen LogP contribution is -2.38. The van der Waals surface area contributed by atoms with Gasteiger partial charge in [-0.3, -0.25) is 9.59 Å². The van der Waals surface area contributed by atoms with Crippen LogP contribution in [0.5, 0.6) is 5.75 Å². The Morgan fingerprint density at radius 1 is 1.08 bits per heavy atom. The van der Waals surface area contributed by atoms with Crippen molar-refractivity contribution >= 4 is 23.2 Å².